The predicted molar refractivity (Wildman–Crippen MR) is 101 cm³/mol. The van der Waals surface area contributed by atoms with Crippen LogP contribution in [0.5, 0.6) is 11.5 Å². The average molecular weight is 354 g/mol. The monoisotopic (exact) mass is 354 g/mol. The summed E-state index contributed by atoms with van der Waals surface area (Å²) < 4.78 is 11.1. The molecule has 0 aliphatic rings. The zero-order valence-electron chi connectivity index (χ0n) is 14.8. The molecule has 3 N–H and O–H groups in total. The minimum absolute atomic E-state index is 0.288. The molecule has 0 aliphatic carbocycles. The zero-order valence-corrected chi connectivity index (χ0v) is 14.8. The zero-order chi connectivity index (χ0) is 18.9. The van der Waals surface area contributed by atoms with Crippen LogP contribution in [0.25, 0.3) is 6.08 Å². The van der Waals surface area contributed by atoms with Crippen LogP contribution in [0.15, 0.2) is 48.5 Å². The Balaban J connectivity index is 2.04. The van der Waals surface area contributed by atoms with Gasteiger partial charge in [-0.05, 0) is 61.9 Å². The Morgan fingerprint density at radius 2 is 1.65 bits per heavy atom. The Morgan fingerprint density at radius 3 is 2.27 bits per heavy atom. The molecule has 26 heavy (non-hydrogen) atoms. The van der Waals surface area contributed by atoms with Crippen LogP contribution in [0.3, 0.4) is 0 Å². The second-order valence-corrected chi connectivity index (χ2v) is 5.34. The van der Waals surface area contributed by atoms with Gasteiger partial charge in [0, 0.05) is 17.3 Å². The maximum atomic E-state index is 12.0. The summed E-state index contributed by atoms with van der Waals surface area (Å²) in [4.78, 5) is 23.1. The molecule has 0 radical (unpaired) electrons. The molecule has 0 bridgehead atoms. The van der Waals surface area contributed by atoms with Gasteiger partial charge < -0.3 is 20.5 Å². The van der Waals surface area contributed by atoms with Crippen LogP contribution in [0.1, 0.15) is 29.8 Å². The Kier molecular flexibility index (Phi) is 6.79. The van der Waals surface area contributed by atoms with Crippen LogP contribution in [0.4, 0.5) is 5.69 Å². The summed E-state index contributed by atoms with van der Waals surface area (Å²) in [6.07, 6.45) is 3.11. The standard InChI is InChI=1S/C20H22N2O4/c1-3-25-17-11-5-14(13-18(17)26-4-2)6-12-19(23)22-16-9-7-15(8-10-16)20(21)24/h5-13H,3-4H2,1-2H3,(H2,21,24)(H,22,23)/b12-6+. The number of nitrogens with two attached hydrogens (primary N) is 1. The van der Waals surface area contributed by atoms with Crippen molar-refractivity contribution in [2.45, 2.75) is 13.8 Å². The number of anilines is 1. The number of ether oxygens (including phenoxy) is 2. The van der Waals surface area contributed by atoms with Gasteiger partial charge in [-0.1, -0.05) is 6.07 Å². The van der Waals surface area contributed by atoms with Crippen molar-refractivity contribution < 1.29 is 19.1 Å². The third kappa shape index (κ3) is 5.37. The van der Waals surface area contributed by atoms with E-state index in [2.05, 4.69) is 5.32 Å². The third-order valence-corrected chi connectivity index (χ3v) is 3.43. The average Bonchev–Trinajstić information content (AvgIpc) is 2.62. The molecule has 2 aromatic rings. The molecule has 0 saturated carbocycles. The van der Waals surface area contributed by atoms with Crippen molar-refractivity contribution in [1.82, 2.24) is 0 Å². The number of hydrogen-bond donors (Lipinski definition) is 2. The molecular formula is C20H22N2O4. The topological polar surface area (TPSA) is 90.6 Å². The number of hydrogen-bond acceptors (Lipinski definition) is 4. The number of amides is 2. The first-order valence-corrected chi connectivity index (χ1v) is 8.32. The van der Waals surface area contributed by atoms with Crippen molar-refractivity contribution >= 4 is 23.6 Å². The van der Waals surface area contributed by atoms with Gasteiger partial charge in [-0.3, -0.25) is 9.59 Å². The molecule has 0 atom stereocenters. The van der Waals surface area contributed by atoms with Crippen LogP contribution in [-0.4, -0.2) is 25.0 Å². The van der Waals surface area contributed by atoms with E-state index < -0.39 is 5.91 Å². The molecular weight excluding hydrogens is 332 g/mol. The van der Waals surface area contributed by atoms with E-state index in [1.807, 2.05) is 32.0 Å². The number of carbonyl (C=O) groups excluding carboxylic acids is 2. The Labute approximate surface area is 152 Å². The van der Waals surface area contributed by atoms with Gasteiger partial charge in [0.1, 0.15) is 0 Å². The van der Waals surface area contributed by atoms with Gasteiger partial charge in [0.2, 0.25) is 11.8 Å². The lowest BCUT2D eigenvalue weighted by Crippen LogP contribution is -2.11. The van der Waals surface area contributed by atoms with E-state index in [-0.39, 0.29) is 5.91 Å². The maximum Gasteiger partial charge on any atom is 0.248 e. The van der Waals surface area contributed by atoms with Gasteiger partial charge in [0.05, 0.1) is 13.2 Å². The lowest BCUT2D eigenvalue weighted by atomic mass is 10.1. The molecule has 0 fully saturated rings. The smallest absolute Gasteiger partial charge is 0.248 e. The first kappa shape index (κ1) is 19.1. The lowest BCUT2D eigenvalue weighted by molar-refractivity contribution is -0.111. The fourth-order valence-corrected chi connectivity index (χ4v) is 2.25. The van der Waals surface area contributed by atoms with E-state index in [0.717, 1.165) is 5.56 Å². The molecule has 0 saturated heterocycles. The summed E-state index contributed by atoms with van der Waals surface area (Å²) in [5.41, 5.74) is 6.96. The number of carbonyl (C=O) groups is 2. The fraction of sp³-hybridized carbons (Fsp3) is 0.200. The molecule has 0 aromatic heterocycles. The quantitative estimate of drug-likeness (QED) is 0.712. The number of nitrogens with one attached hydrogen (secondary N) is 1. The summed E-state index contributed by atoms with van der Waals surface area (Å²) in [5.74, 6) is 0.511. The highest BCUT2D eigenvalue weighted by atomic mass is 16.5. The van der Waals surface area contributed by atoms with E-state index in [9.17, 15) is 9.59 Å². The van der Waals surface area contributed by atoms with Gasteiger partial charge in [-0.25, -0.2) is 0 Å². The highest BCUT2D eigenvalue weighted by Gasteiger charge is 2.05. The van der Waals surface area contributed by atoms with E-state index in [1.54, 1.807) is 30.3 Å². The molecule has 0 spiro atoms. The fourth-order valence-electron chi connectivity index (χ4n) is 2.25. The molecule has 0 aliphatic heterocycles. The first-order valence-electron chi connectivity index (χ1n) is 8.32. The Bertz CT molecular complexity index is 798. The molecule has 2 aromatic carbocycles. The van der Waals surface area contributed by atoms with E-state index >= 15 is 0 Å². The molecule has 6 nitrogen and oxygen atoms in total. The summed E-state index contributed by atoms with van der Waals surface area (Å²) in [5, 5.41) is 2.72. The van der Waals surface area contributed by atoms with Crippen molar-refractivity contribution in [3.63, 3.8) is 0 Å². The molecule has 2 rings (SSSR count). The lowest BCUT2D eigenvalue weighted by Gasteiger charge is -2.11. The van der Waals surface area contributed by atoms with Crippen LogP contribution < -0.4 is 20.5 Å². The summed E-state index contributed by atoms with van der Waals surface area (Å²) in [6, 6.07) is 11.8. The number of benzene rings is 2. The van der Waals surface area contributed by atoms with Crippen molar-refractivity contribution in [2.75, 3.05) is 18.5 Å². The van der Waals surface area contributed by atoms with Crippen LogP contribution in [-0.2, 0) is 4.79 Å². The Hall–Kier alpha value is -3.28. The van der Waals surface area contributed by atoms with Crippen molar-refractivity contribution in [3.8, 4) is 11.5 Å². The van der Waals surface area contributed by atoms with Gasteiger partial charge in [0.15, 0.2) is 11.5 Å². The summed E-state index contributed by atoms with van der Waals surface area (Å²) >= 11 is 0. The highest BCUT2D eigenvalue weighted by Crippen LogP contribution is 2.29. The maximum absolute atomic E-state index is 12.0. The van der Waals surface area contributed by atoms with Crippen molar-refractivity contribution in [3.05, 3.63) is 59.7 Å². The Morgan fingerprint density at radius 1 is 1.00 bits per heavy atom. The predicted octanol–water partition coefficient (Wildman–Crippen LogP) is 3.23. The number of primary amides is 1. The van der Waals surface area contributed by atoms with Gasteiger partial charge in [-0.15, -0.1) is 0 Å². The SMILES string of the molecule is CCOc1ccc(/C=C/C(=O)Nc2ccc(C(N)=O)cc2)cc1OCC. The van der Waals surface area contributed by atoms with Crippen LogP contribution >= 0.6 is 0 Å². The third-order valence-electron chi connectivity index (χ3n) is 3.43. The molecule has 0 heterocycles. The van der Waals surface area contributed by atoms with E-state index in [4.69, 9.17) is 15.2 Å². The second-order valence-electron chi connectivity index (χ2n) is 5.34. The molecule has 136 valence electrons. The van der Waals surface area contributed by atoms with Crippen molar-refractivity contribution in [1.29, 1.82) is 0 Å². The van der Waals surface area contributed by atoms with Crippen LogP contribution in [0.2, 0.25) is 0 Å². The summed E-state index contributed by atoms with van der Waals surface area (Å²) in [6.45, 7) is 4.88. The highest BCUT2D eigenvalue weighted by molar-refractivity contribution is 6.02. The largest absolute Gasteiger partial charge is 0.490 e. The van der Waals surface area contributed by atoms with Crippen molar-refractivity contribution in [2.24, 2.45) is 5.73 Å². The minimum Gasteiger partial charge on any atom is -0.490 e. The van der Waals surface area contributed by atoms with Gasteiger partial charge in [0.25, 0.3) is 0 Å². The number of rotatable bonds is 8. The molecule has 6 heteroatoms. The normalized spacial score (nSPS) is 10.5. The second kappa shape index (κ2) is 9.27. The van der Waals surface area contributed by atoms with Crippen LogP contribution in [0, 0.1) is 0 Å². The molecule has 0 unspecified atom stereocenters. The first-order chi connectivity index (χ1) is 12.5. The van der Waals surface area contributed by atoms with E-state index in [0.29, 0.717) is 36.0 Å². The van der Waals surface area contributed by atoms with E-state index in [1.165, 1.54) is 6.08 Å². The van der Waals surface area contributed by atoms with Gasteiger partial charge in [-0.2, -0.15) is 0 Å². The molecule has 2 amide bonds. The minimum atomic E-state index is -0.511. The summed E-state index contributed by atoms with van der Waals surface area (Å²) in [7, 11) is 0. The van der Waals surface area contributed by atoms with Gasteiger partial charge >= 0.3 is 0 Å².